The van der Waals surface area contributed by atoms with Gasteiger partial charge in [-0.25, -0.2) is 10.2 Å². The first-order valence-corrected chi connectivity index (χ1v) is 5.97. The molecule has 2 N–H and O–H groups in total. The smallest absolute Gasteiger partial charge is 0.355 e. The van der Waals surface area contributed by atoms with Crippen LogP contribution in [0.2, 0.25) is 0 Å². The lowest BCUT2D eigenvalue weighted by molar-refractivity contribution is -0.142. The van der Waals surface area contributed by atoms with E-state index >= 15 is 0 Å². The van der Waals surface area contributed by atoms with Crippen LogP contribution in [0.5, 0.6) is 0 Å². The fraction of sp³-hybridized carbons (Fsp3) is 0.333. The van der Waals surface area contributed by atoms with Crippen LogP contribution in [0.3, 0.4) is 0 Å². The molecular formula is C12H13N3O5. The van der Waals surface area contributed by atoms with Gasteiger partial charge in [0.15, 0.2) is 6.61 Å². The maximum absolute atomic E-state index is 11.5. The molecule has 0 aliphatic carbocycles. The highest BCUT2D eigenvalue weighted by molar-refractivity contribution is 6.37. The third kappa shape index (κ3) is 3.94. The van der Waals surface area contributed by atoms with Crippen LogP contribution < -0.4 is 10.7 Å². The van der Waals surface area contributed by atoms with Crippen molar-refractivity contribution in [3.05, 3.63) is 24.2 Å². The number of ether oxygens (including phenoxy) is 1. The first-order chi connectivity index (χ1) is 9.65. The van der Waals surface area contributed by atoms with Gasteiger partial charge in [0.05, 0.1) is 12.8 Å². The van der Waals surface area contributed by atoms with E-state index in [1.54, 1.807) is 12.1 Å². The molecule has 8 heteroatoms. The van der Waals surface area contributed by atoms with Gasteiger partial charge in [-0.15, -0.1) is 0 Å². The van der Waals surface area contributed by atoms with Crippen molar-refractivity contribution >= 4 is 23.5 Å². The number of hydrazone groups is 1. The second-order valence-corrected chi connectivity index (χ2v) is 4.03. The lowest BCUT2D eigenvalue weighted by atomic mass is 10.2. The Balaban J connectivity index is 1.70. The van der Waals surface area contributed by atoms with Crippen molar-refractivity contribution in [3.8, 4) is 0 Å². The summed E-state index contributed by atoms with van der Waals surface area (Å²) in [5.41, 5.74) is 2.28. The molecule has 1 aliphatic heterocycles. The Kier molecular flexibility index (Phi) is 4.48. The molecule has 8 nitrogen and oxygen atoms in total. The van der Waals surface area contributed by atoms with E-state index in [1.165, 1.54) is 6.26 Å². The monoisotopic (exact) mass is 279 g/mol. The quantitative estimate of drug-likeness (QED) is 0.719. The zero-order valence-electron chi connectivity index (χ0n) is 10.5. The molecule has 0 saturated carbocycles. The summed E-state index contributed by atoms with van der Waals surface area (Å²) in [5, 5.41) is 6.10. The summed E-state index contributed by atoms with van der Waals surface area (Å²) in [6, 6.07) is 3.42. The molecule has 2 rings (SSSR count). The summed E-state index contributed by atoms with van der Waals surface area (Å²) in [5.74, 6) is -0.810. The number of nitrogens with one attached hydrogen (secondary N) is 2. The molecule has 0 bridgehead atoms. The lowest BCUT2D eigenvalue weighted by Gasteiger charge is -2.11. The number of hydrogen-bond donors (Lipinski definition) is 2. The normalized spacial score (nSPS) is 14.2. The van der Waals surface area contributed by atoms with Crippen LogP contribution in [0.25, 0.3) is 0 Å². The molecule has 106 valence electrons. The Morgan fingerprint density at radius 1 is 1.45 bits per heavy atom. The standard InChI is InChI=1S/C12H13N3O5/c16-10-4-3-9(14-15-10)12(18)20-7-11(17)13-6-8-2-1-5-19-8/h1-2,5H,3-4,6-7H2,(H,13,17)(H,15,16). The maximum Gasteiger partial charge on any atom is 0.355 e. The minimum absolute atomic E-state index is 0.100. The third-order valence-corrected chi connectivity index (χ3v) is 2.51. The molecule has 0 saturated heterocycles. The van der Waals surface area contributed by atoms with Gasteiger partial charge in [-0.3, -0.25) is 9.59 Å². The van der Waals surface area contributed by atoms with Crippen molar-refractivity contribution in [1.82, 2.24) is 10.7 Å². The average molecular weight is 279 g/mol. The molecule has 0 spiro atoms. The fourth-order valence-electron chi connectivity index (χ4n) is 1.49. The van der Waals surface area contributed by atoms with Crippen LogP contribution in [0.4, 0.5) is 0 Å². The van der Waals surface area contributed by atoms with Gasteiger partial charge >= 0.3 is 5.97 Å². The lowest BCUT2D eigenvalue weighted by Crippen LogP contribution is -2.33. The zero-order valence-corrected chi connectivity index (χ0v) is 10.5. The highest BCUT2D eigenvalue weighted by Crippen LogP contribution is 2.01. The summed E-state index contributed by atoms with van der Waals surface area (Å²) in [6.07, 6.45) is 1.88. The minimum Gasteiger partial charge on any atom is -0.467 e. The highest BCUT2D eigenvalue weighted by atomic mass is 16.5. The molecule has 2 amide bonds. The van der Waals surface area contributed by atoms with Crippen molar-refractivity contribution in [3.63, 3.8) is 0 Å². The van der Waals surface area contributed by atoms with Crippen LogP contribution >= 0.6 is 0 Å². The number of furan rings is 1. The summed E-state index contributed by atoms with van der Waals surface area (Å²) >= 11 is 0. The highest BCUT2D eigenvalue weighted by Gasteiger charge is 2.20. The zero-order chi connectivity index (χ0) is 14.4. The van der Waals surface area contributed by atoms with Crippen LogP contribution in [0, 0.1) is 0 Å². The van der Waals surface area contributed by atoms with E-state index in [0.717, 1.165) is 0 Å². The van der Waals surface area contributed by atoms with E-state index < -0.39 is 18.5 Å². The molecule has 0 unspecified atom stereocenters. The molecule has 1 aliphatic rings. The van der Waals surface area contributed by atoms with E-state index in [1.807, 2.05) is 0 Å². The summed E-state index contributed by atoms with van der Waals surface area (Å²) < 4.78 is 9.82. The van der Waals surface area contributed by atoms with Crippen molar-refractivity contribution in [2.24, 2.45) is 5.10 Å². The topological polar surface area (TPSA) is 110 Å². The van der Waals surface area contributed by atoms with E-state index in [-0.39, 0.29) is 31.0 Å². The second kappa shape index (κ2) is 6.50. The van der Waals surface area contributed by atoms with E-state index in [4.69, 9.17) is 9.15 Å². The largest absolute Gasteiger partial charge is 0.467 e. The summed E-state index contributed by atoms with van der Waals surface area (Å²) in [4.78, 5) is 33.8. The van der Waals surface area contributed by atoms with Crippen LogP contribution in [0.1, 0.15) is 18.6 Å². The van der Waals surface area contributed by atoms with Crippen molar-refractivity contribution in [2.75, 3.05) is 6.61 Å². The van der Waals surface area contributed by atoms with Crippen LogP contribution in [0.15, 0.2) is 27.9 Å². The van der Waals surface area contributed by atoms with Gasteiger partial charge in [0, 0.05) is 12.8 Å². The second-order valence-electron chi connectivity index (χ2n) is 4.03. The number of esters is 1. The van der Waals surface area contributed by atoms with Gasteiger partial charge in [-0.05, 0) is 12.1 Å². The van der Waals surface area contributed by atoms with E-state index in [2.05, 4.69) is 15.8 Å². The predicted molar refractivity (Wildman–Crippen MR) is 66.3 cm³/mol. The first-order valence-electron chi connectivity index (χ1n) is 5.97. The Bertz CT molecular complexity index is 535. The summed E-state index contributed by atoms with van der Waals surface area (Å²) in [7, 11) is 0. The Labute approximate surface area is 114 Å². The molecule has 0 radical (unpaired) electrons. The third-order valence-electron chi connectivity index (χ3n) is 2.51. The number of amides is 2. The van der Waals surface area contributed by atoms with E-state index in [9.17, 15) is 14.4 Å². The number of carbonyl (C=O) groups is 3. The number of carbonyl (C=O) groups excluding carboxylic acids is 3. The van der Waals surface area contributed by atoms with Gasteiger partial charge in [-0.2, -0.15) is 5.10 Å². The van der Waals surface area contributed by atoms with Gasteiger partial charge in [-0.1, -0.05) is 0 Å². The SMILES string of the molecule is O=C(COC(=O)C1=NNC(=O)CC1)NCc1ccco1. The number of hydrogen-bond acceptors (Lipinski definition) is 6. The molecule has 20 heavy (non-hydrogen) atoms. The van der Waals surface area contributed by atoms with Crippen molar-refractivity contribution < 1.29 is 23.5 Å². The van der Waals surface area contributed by atoms with Gasteiger partial charge in [0.2, 0.25) is 5.91 Å². The minimum atomic E-state index is -0.710. The molecule has 2 heterocycles. The Hall–Kier alpha value is -2.64. The fourth-order valence-corrected chi connectivity index (χ4v) is 1.49. The molecule has 0 fully saturated rings. The molecule has 0 aromatic carbocycles. The van der Waals surface area contributed by atoms with Crippen LogP contribution in [-0.4, -0.2) is 30.1 Å². The first kappa shape index (κ1) is 13.8. The molecule has 1 aromatic heterocycles. The predicted octanol–water partition coefficient (Wildman–Crippen LogP) is -0.295. The number of nitrogens with zero attached hydrogens (tertiary/aromatic N) is 1. The Morgan fingerprint density at radius 3 is 2.95 bits per heavy atom. The summed E-state index contributed by atoms with van der Waals surface area (Å²) in [6.45, 7) is -0.188. The Morgan fingerprint density at radius 2 is 2.30 bits per heavy atom. The van der Waals surface area contributed by atoms with Crippen molar-refractivity contribution in [1.29, 1.82) is 0 Å². The van der Waals surface area contributed by atoms with E-state index in [0.29, 0.717) is 5.76 Å². The van der Waals surface area contributed by atoms with Gasteiger partial charge < -0.3 is 14.5 Å². The molecule has 0 atom stereocenters. The number of rotatable bonds is 5. The van der Waals surface area contributed by atoms with Gasteiger partial charge in [0.1, 0.15) is 11.5 Å². The van der Waals surface area contributed by atoms with Crippen molar-refractivity contribution in [2.45, 2.75) is 19.4 Å². The maximum atomic E-state index is 11.5. The van der Waals surface area contributed by atoms with Gasteiger partial charge in [0.25, 0.3) is 5.91 Å². The van der Waals surface area contributed by atoms with Crippen LogP contribution in [-0.2, 0) is 25.7 Å². The molecular weight excluding hydrogens is 266 g/mol. The average Bonchev–Trinajstić information content (AvgIpc) is 2.96. The molecule has 1 aromatic rings.